The van der Waals surface area contributed by atoms with Gasteiger partial charge in [-0.15, -0.1) is 5.10 Å². The zero-order chi connectivity index (χ0) is 49.9. The molecule has 70 heavy (non-hydrogen) atoms. The maximum Gasteiger partial charge on any atom is 0.338 e. The molecule has 18 heteroatoms. The highest BCUT2D eigenvalue weighted by molar-refractivity contribution is 6.28. The number of carboxylic acid groups (broad SMARTS) is 2. The molecule has 0 spiro atoms. The molecule has 6 N–H and O–H groups in total. The van der Waals surface area contributed by atoms with E-state index in [0.29, 0.717) is 52.5 Å². The van der Waals surface area contributed by atoms with E-state index >= 15 is 0 Å². The van der Waals surface area contributed by atoms with Gasteiger partial charge in [-0.25, -0.2) is 14.3 Å². The molecule has 5 aromatic rings. The Morgan fingerprint density at radius 2 is 1.47 bits per heavy atom. The number of carbonyl (C=O) groups is 2. The Balaban J connectivity index is 1.02. The molecule has 370 valence electrons. The van der Waals surface area contributed by atoms with Gasteiger partial charge in [-0.1, -0.05) is 48.4 Å². The Bertz CT molecular complexity index is 2750. The van der Waals surface area contributed by atoms with Crippen LogP contribution in [-0.2, 0) is 33.8 Å². The highest BCUT2D eigenvalue weighted by atomic mass is 16.5. The molecular formula is C52H60N6O12. The van der Waals surface area contributed by atoms with E-state index in [9.17, 15) is 30.0 Å². The van der Waals surface area contributed by atoms with Crippen LogP contribution in [0.5, 0.6) is 23.0 Å². The number of aromatic carboxylic acids is 1. The van der Waals surface area contributed by atoms with Gasteiger partial charge in [0.1, 0.15) is 65.2 Å². The van der Waals surface area contributed by atoms with E-state index in [1.807, 2.05) is 32.0 Å². The SMILES string of the molecule is COc1cc([C@@H](O)[C@H](CN/C=C2/N=CC=C(C(=O)O)C2=N)OCCCc2cccc(COc3cc([C@@H](O)[C@H](Cn4nnc5c(C(=O)O)cccc54)OC4CCCC4)cc(OC)c3C)c2)cc(OC)c1C. The van der Waals surface area contributed by atoms with Crippen LogP contribution in [0.1, 0.15) is 88.1 Å². The van der Waals surface area contributed by atoms with Crippen LogP contribution in [0.3, 0.4) is 0 Å². The third-order valence-corrected chi connectivity index (χ3v) is 12.6. The second-order valence-corrected chi connectivity index (χ2v) is 17.2. The average Bonchev–Trinajstić information content (AvgIpc) is 4.04. The van der Waals surface area contributed by atoms with E-state index in [1.54, 1.807) is 62.4 Å². The first-order chi connectivity index (χ1) is 33.8. The summed E-state index contributed by atoms with van der Waals surface area (Å²) in [5, 5.41) is 62.7. The molecule has 1 aliphatic heterocycles. The highest BCUT2D eigenvalue weighted by Crippen LogP contribution is 2.37. The largest absolute Gasteiger partial charge is 0.496 e. The minimum absolute atomic E-state index is 0.0395. The van der Waals surface area contributed by atoms with Crippen LogP contribution in [0.15, 0.2) is 95.3 Å². The van der Waals surface area contributed by atoms with Gasteiger partial charge < -0.3 is 54.2 Å². The number of aliphatic carboxylic acids is 1. The van der Waals surface area contributed by atoms with Crippen molar-refractivity contribution >= 4 is 34.9 Å². The van der Waals surface area contributed by atoms with Gasteiger partial charge in [0, 0.05) is 36.7 Å². The number of hydrogen-bond acceptors (Lipinski definition) is 15. The van der Waals surface area contributed by atoms with Crippen molar-refractivity contribution in [2.24, 2.45) is 4.99 Å². The number of fused-ring (bicyclic) bond motifs is 1. The van der Waals surface area contributed by atoms with Crippen LogP contribution in [-0.4, -0.2) is 112 Å². The van der Waals surface area contributed by atoms with Crippen LogP contribution < -0.4 is 24.3 Å². The fourth-order valence-electron chi connectivity index (χ4n) is 8.73. The number of rotatable bonds is 24. The summed E-state index contributed by atoms with van der Waals surface area (Å²) < 4.78 is 37.8. The number of aryl methyl sites for hydroxylation is 1. The Morgan fingerprint density at radius 3 is 2.13 bits per heavy atom. The lowest BCUT2D eigenvalue weighted by Crippen LogP contribution is -2.33. The van der Waals surface area contributed by atoms with Crippen LogP contribution >= 0.6 is 0 Å². The Labute approximate surface area is 405 Å². The normalized spacial score (nSPS) is 16.2. The highest BCUT2D eigenvalue weighted by Gasteiger charge is 2.31. The molecule has 2 aliphatic rings. The van der Waals surface area contributed by atoms with Crippen molar-refractivity contribution in [3.63, 3.8) is 0 Å². The predicted molar refractivity (Wildman–Crippen MR) is 260 cm³/mol. The number of hydrogen-bond donors (Lipinski definition) is 6. The van der Waals surface area contributed by atoms with E-state index < -0.39 is 36.4 Å². The van der Waals surface area contributed by atoms with E-state index in [2.05, 4.69) is 26.7 Å². The molecule has 0 unspecified atom stereocenters. The number of dihydropyridines is 1. The Hall–Kier alpha value is -7.12. The number of aliphatic hydroxyl groups is 2. The van der Waals surface area contributed by atoms with Crippen LogP contribution in [0, 0.1) is 19.3 Å². The number of nitrogens with one attached hydrogen (secondary N) is 2. The summed E-state index contributed by atoms with van der Waals surface area (Å²) in [5.74, 6) is -0.216. The van der Waals surface area contributed by atoms with Gasteiger partial charge in [0.15, 0.2) is 0 Å². The molecule has 0 amide bonds. The number of ether oxygens (including phenoxy) is 6. The van der Waals surface area contributed by atoms with Gasteiger partial charge in [-0.05, 0) is 104 Å². The first-order valence-corrected chi connectivity index (χ1v) is 23.1. The summed E-state index contributed by atoms with van der Waals surface area (Å²) in [6.45, 7) is 4.45. The zero-order valence-electron chi connectivity index (χ0n) is 39.9. The monoisotopic (exact) mass is 960 g/mol. The minimum atomic E-state index is -1.23. The number of benzene rings is 4. The molecular weight excluding hydrogens is 901 g/mol. The summed E-state index contributed by atoms with van der Waals surface area (Å²) in [6.07, 6.45) is 5.17. The maximum atomic E-state index is 12.1. The molecule has 1 aliphatic carbocycles. The van der Waals surface area contributed by atoms with E-state index in [4.69, 9.17) is 33.8 Å². The summed E-state index contributed by atoms with van der Waals surface area (Å²) >= 11 is 0. The fourth-order valence-corrected chi connectivity index (χ4v) is 8.73. The fraction of sp³-hybridized carbons (Fsp3) is 0.385. The van der Waals surface area contributed by atoms with Crippen molar-refractivity contribution in [2.45, 2.75) is 96.0 Å². The number of nitrogens with zero attached hydrogens (tertiary/aromatic N) is 4. The number of carboxylic acids is 2. The maximum absolute atomic E-state index is 12.1. The van der Waals surface area contributed by atoms with Crippen LogP contribution in [0.2, 0.25) is 0 Å². The molecule has 1 fully saturated rings. The molecule has 4 atom stereocenters. The Morgan fingerprint density at radius 1 is 0.843 bits per heavy atom. The van der Waals surface area contributed by atoms with Gasteiger partial charge >= 0.3 is 11.9 Å². The van der Waals surface area contributed by atoms with E-state index in [0.717, 1.165) is 47.9 Å². The molecule has 18 nitrogen and oxygen atoms in total. The summed E-state index contributed by atoms with van der Waals surface area (Å²) in [5.41, 5.74) is 5.01. The molecule has 7 rings (SSSR count). The van der Waals surface area contributed by atoms with Gasteiger partial charge in [-0.3, -0.25) is 10.4 Å². The summed E-state index contributed by atoms with van der Waals surface area (Å²) in [7, 11) is 4.64. The number of methoxy groups -OCH3 is 3. The predicted octanol–water partition coefficient (Wildman–Crippen LogP) is 7.01. The molecule has 0 radical (unpaired) electrons. The third kappa shape index (κ3) is 12.0. The lowest BCUT2D eigenvalue weighted by Gasteiger charge is -2.28. The van der Waals surface area contributed by atoms with Crippen molar-refractivity contribution in [3.05, 3.63) is 129 Å². The average molecular weight is 961 g/mol. The summed E-state index contributed by atoms with van der Waals surface area (Å²) in [4.78, 5) is 27.6. The van der Waals surface area contributed by atoms with Gasteiger partial charge in [0.05, 0.1) is 56.3 Å². The van der Waals surface area contributed by atoms with Crippen molar-refractivity contribution < 1.29 is 58.4 Å². The van der Waals surface area contributed by atoms with Gasteiger partial charge in [-0.2, -0.15) is 0 Å². The standard InChI is InChI=1S/C52H60N6O12/c1-30-41(65-3)22-34(23-42(30)66-4)49(59)45(27-54-26-39-47(53)37(51(61)62)18-19-55-39)68-20-10-13-32-11-8-12-33(21-32)29-69-44-25-35(24-43(67-5)31(44)2)50(60)46(70-36-14-6-7-15-36)28-58-40-17-9-16-38(52(63)64)48(40)56-57-58/h8-9,11-12,16-19,21-26,36,45-46,49-50,53-54,59-60H,6-7,10,13-15,20,27-29H2,1-5H3,(H,61,62)(H,63,64)/b39-26+,53-47?/t45-,46-,49+,50+/m0/s1. The molecule has 4 aromatic carbocycles. The number of aliphatic hydroxyl groups excluding tert-OH is 2. The lowest BCUT2D eigenvalue weighted by molar-refractivity contribution is -0.132. The lowest BCUT2D eigenvalue weighted by atomic mass is 10.0. The second-order valence-electron chi connectivity index (χ2n) is 17.2. The Kier molecular flexibility index (Phi) is 17.0. The minimum Gasteiger partial charge on any atom is -0.496 e. The smallest absolute Gasteiger partial charge is 0.338 e. The molecule has 1 saturated carbocycles. The summed E-state index contributed by atoms with van der Waals surface area (Å²) in [6, 6.07) is 19.9. The molecule has 0 saturated heterocycles. The number of aliphatic imine (C=N–C) groups is 1. The zero-order valence-corrected chi connectivity index (χ0v) is 39.9. The van der Waals surface area contributed by atoms with Crippen molar-refractivity contribution in [1.29, 1.82) is 5.41 Å². The van der Waals surface area contributed by atoms with Crippen LogP contribution in [0.4, 0.5) is 0 Å². The van der Waals surface area contributed by atoms with Crippen LogP contribution in [0.25, 0.3) is 11.0 Å². The van der Waals surface area contributed by atoms with Gasteiger partial charge in [0.2, 0.25) is 0 Å². The molecule has 1 aromatic heterocycles. The molecule has 2 heterocycles. The quantitative estimate of drug-likeness (QED) is 0.0341. The first kappa shape index (κ1) is 50.7. The number of allylic oxidation sites excluding steroid dienone is 2. The van der Waals surface area contributed by atoms with Crippen molar-refractivity contribution in [2.75, 3.05) is 34.5 Å². The van der Waals surface area contributed by atoms with Crippen molar-refractivity contribution in [3.8, 4) is 23.0 Å². The second kappa shape index (κ2) is 23.5. The third-order valence-electron chi connectivity index (χ3n) is 12.6. The first-order valence-electron chi connectivity index (χ1n) is 23.1. The van der Waals surface area contributed by atoms with E-state index in [-0.39, 0.29) is 60.5 Å². The number of aromatic nitrogens is 3. The topological polar surface area (TPSA) is 249 Å². The van der Waals surface area contributed by atoms with Gasteiger partial charge in [0.25, 0.3) is 0 Å². The van der Waals surface area contributed by atoms with Crippen molar-refractivity contribution in [1.82, 2.24) is 20.3 Å². The van der Waals surface area contributed by atoms with E-state index in [1.165, 1.54) is 24.6 Å². The molecule has 0 bridgehead atoms.